The highest BCUT2D eigenvalue weighted by Gasteiger charge is 2.19. The number of ether oxygens (including phenoxy) is 2. The van der Waals surface area contributed by atoms with Gasteiger partial charge in [0.1, 0.15) is 50.0 Å². The zero-order valence-electron chi connectivity index (χ0n) is 21.4. The van der Waals surface area contributed by atoms with Crippen molar-refractivity contribution in [2.24, 2.45) is 0 Å². The highest BCUT2D eigenvalue weighted by atomic mass is 32.2. The van der Waals surface area contributed by atoms with Crippen LogP contribution in [-0.4, -0.2) is 83.3 Å². The molecular formula is C26H42N2O6S+2. The van der Waals surface area contributed by atoms with Gasteiger partial charge in [0, 0.05) is 0 Å². The molecule has 0 aliphatic carbocycles. The molecule has 0 saturated carbocycles. The van der Waals surface area contributed by atoms with Crippen molar-refractivity contribution in [1.29, 1.82) is 0 Å². The molecule has 196 valence electrons. The molecular weight excluding hydrogens is 468 g/mol. The molecule has 2 rings (SSSR count). The maximum atomic E-state index is 13.0. The lowest BCUT2D eigenvalue weighted by molar-refractivity contribution is -0.899. The molecule has 0 saturated heterocycles. The second-order valence-electron chi connectivity index (χ2n) is 8.70. The van der Waals surface area contributed by atoms with E-state index in [0.29, 0.717) is 24.6 Å². The molecule has 0 radical (unpaired) electrons. The Hall–Kier alpha value is -2.17. The van der Waals surface area contributed by atoms with Crippen molar-refractivity contribution in [3.05, 3.63) is 48.5 Å². The lowest BCUT2D eigenvalue weighted by Crippen LogP contribution is -3.12. The SMILES string of the molecule is CC[NH+](CC)C[C@@H](O)COc1ccc(S(=O)(=O)c2ccc(OC[C@H](O)C[NH+](CC)CC)cc2)cc1. The molecule has 2 aromatic carbocycles. The second kappa shape index (κ2) is 14.4. The first kappa shape index (κ1) is 29.1. The Morgan fingerprint density at radius 2 is 0.971 bits per heavy atom. The molecule has 35 heavy (non-hydrogen) atoms. The van der Waals surface area contributed by atoms with Crippen molar-refractivity contribution < 1.29 is 37.9 Å². The van der Waals surface area contributed by atoms with E-state index in [-0.39, 0.29) is 23.0 Å². The molecule has 0 spiro atoms. The van der Waals surface area contributed by atoms with Crippen molar-refractivity contribution in [2.75, 3.05) is 52.5 Å². The van der Waals surface area contributed by atoms with Crippen LogP contribution in [0.1, 0.15) is 27.7 Å². The number of hydrogen-bond acceptors (Lipinski definition) is 6. The summed E-state index contributed by atoms with van der Waals surface area (Å²) in [7, 11) is -3.70. The van der Waals surface area contributed by atoms with Gasteiger partial charge in [-0.25, -0.2) is 8.42 Å². The minimum absolute atomic E-state index is 0.155. The number of aliphatic hydroxyl groups is 2. The van der Waals surface area contributed by atoms with Crippen LogP contribution in [0, 0.1) is 0 Å². The molecule has 2 aromatic rings. The zero-order chi connectivity index (χ0) is 25.8. The minimum Gasteiger partial charge on any atom is -0.491 e. The number of sulfone groups is 1. The smallest absolute Gasteiger partial charge is 0.206 e. The van der Waals surface area contributed by atoms with Crippen molar-refractivity contribution in [2.45, 2.75) is 49.7 Å². The molecule has 4 N–H and O–H groups in total. The van der Waals surface area contributed by atoms with Crippen molar-refractivity contribution >= 4 is 9.84 Å². The Balaban J connectivity index is 1.93. The van der Waals surface area contributed by atoms with E-state index in [0.717, 1.165) is 26.2 Å². The number of rotatable bonds is 16. The maximum absolute atomic E-state index is 13.0. The summed E-state index contributed by atoms with van der Waals surface area (Å²) in [5, 5.41) is 20.3. The average molecular weight is 511 g/mol. The molecule has 9 heteroatoms. The van der Waals surface area contributed by atoms with Crippen molar-refractivity contribution in [1.82, 2.24) is 0 Å². The van der Waals surface area contributed by atoms with Gasteiger partial charge in [-0.3, -0.25) is 0 Å². The number of benzene rings is 2. The van der Waals surface area contributed by atoms with E-state index in [1.54, 1.807) is 24.3 Å². The van der Waals surface area contributed by atoms with E-state index in [2.05, 4.69) is 27.7 Å². The van der Waals surface area contributed by atoms with Gasteiger partial charge in [-0.1, -0.05) is 0 Å². The Kier molecular flexibility index (Phi) is 12.0. The quantitative estimate of drug-likeness (QED) is 0.251. The maximum Gasteiger partial charge on any atom is 0.206 e. The number of hydrogen-bond donors (Lipinski definition) is 4. The fourth-order valence-corrected chi connectivity index (χ4v) is 5.07. The first-order valence-corrected chi connectivity index (χ1v) is 14.0. The highest BCUT2D eigenvalue weighted by molar-refractivity contribution is 7.91. The molecule has 0 fully saturated rings. The molecule has 0 amide bonds. The summed E-state index contributed by atoms with van der Waals surface area (Å²) < 4.78 is 37.3. The van der Waals surface area contributed by atoms with E-state index >= 15 is 0 Å². The Bertz CT molecular complexity index is 885. The predicted molar refractivity (Wildman–Crippen MR) is 135 cm³/mol. The summed E-state index contributed by atoms with van der Waals surface area (Å²) in [6.07, 6.45) is -1.18. The van der Waals surface area contributed by atoms with Gasteiger partial charge >= 0.3 is 0 Å². The van der Waals surface area contributed by atoms with Gasteiger partial charge in [-0.05, 0) is 76.2 Å². The Morgan fingerprint density at radius 3 is 1.26 bits per heavy atom. The summed E-state index contributed by atoms with van der Waals surface area (Å²) in [6.45, 7) is 13.6. The van der Waals surface area contributed by atoms with Crippen molar-refractivity contribution in [3.63, 3.8) is 0 Å². The summed E-state index contributed by atoms with van der Waals surface area (Å²) in [4.78, 5) is 2.89. The normalized spacial score (nSPS) is 13.7. The van der Waals surface area contributed by atoms with Crippen LogP contribution in [-0.2, 0) is 9.84 Å². The predicted octanol–water partition coefficient (Wildman–Crippen LogP) is -0.152. The van der Waals surface area contributed by atoms with E-state index in [9.17, 15) is 18.6 Å². The first-order valence-electron chi connectivity index (χ1n) is 12.5. The number of nitrogens with one attached hydrogen (secondary N) is 2. The molecule has 0 aliphatic heterocycles. The standard InChI is InChI=1S/C26H40N2O6S/c1-5-27(6-2)17-21(29)19-33-23-9-13-25(14-10-23)35(31,32)26-15-11-24(12-16-26)34-20-22(30)18-28(7-3)8-4/h9-16,21-22,29-30H,5-8,17-20H2,1-4H3/p+2/t21-,22-/m1/s1. The molecule has 0 aliphatic rings. The number of aliphatic hydroxyl groups excluding tert-OH is 2. The van der Waals surface area contributed by atoms with Crippen LogP contribution in [0.4, 0.5) is 0 Å². The average Bonchev–Trinajstić information content (AvgIpc) is 2.88. The monoisotopic (exact) mass is 510 g/mol. The fraction of sp³-hybridized carbons (Fsp3) is 0.538. The van der Waals surface area contributed by atoms with Crippen LogP contribution in [0.2, 0.25) is 0 Å². The second-order valence-corrected chi connectivity index (χ2v) is 10.6. The summed E-state index contributed by atoms with van der Waals surface area (Å²) in [6, 6.07) is 12.4. The van der Waals surface area contributed by atoms with Crippen LogP contribution in [0.25, 0.3) is 0 Å². The molecule has 0 heterocycles. The third kappa shape index (κ3) is 9.09. The number of likely N-dealkylation sites (N-methyl/N-ethyl adjacent to an activating group) is 2. The van der Waals surface area contributed by atoms with Gasteiger partial charge in [-0.2, -0.15) is 0 Å². The van der Waals surface area contributed by atoms with Crippen LogP contribution in [0.5, 0.6) is 11.5 Å². The van der Waals surface area contributed by atoms with Crippen LogP contribution < -0.4 is 19.3 Å². The third-order valence-corrected chi connectivity index (χ3v) is 7.99. The van der Waals surface area contributed by atoms with E-state index in [4.69, 9.17) is 9.47 Å². The molecule has 0 bridgehead atoms. The molecule has 8 nitrogen and oxygen atoms in total. The van der Waals surface area contributed by atoms with Gasteiger partial charge in [-0.15, -0.1) is 0 Å². The van der Waals surface area contributed by atoms with Crippen LogP contribution in [0.15, 0.2) is 58.3 Å². The highest BCUT2D eigenvalue weighted by Crippen LogP contribution is 2.25. The first-order chi connectivity index (χ1) is 16.7. The molecule has 0 unspecified atom stereocenters. The summed E-state index contributed by atoms with van der Waals surface area (Å²) >= 11 is 0. The van der Waals surface area contributed by atoms with Gasteiger partial charge in [0.15, 0.2) is 0 Å². The Morgan fingerprint density at radius 1 is 0.657 bits per heavy atom. The lowest BCUT2D eigenvalue weighted by atomic mass is 10.3. The molecule has 2 atom stereocenters. The zero-order valence-corrected chi connectivity index (χ0v) is 22.2. The van der Waals surface area contributed by atoms with Crippen molar-refractivity contribution in [3.8, 4) is 11.5 Å². The number of quaternary nitrogens is 2. The van der Waals surface area contributed by atoms with Gasteiger partial charge in [0.2, 0.25) is 9.84 Å². The summed E-state index contributed by atoms with van der Waals surface area (Å²) in [5.41, 5.74) is 0. The van der Waals surface area contributed by atoms with Crippen LogP contribution in [0.3, 0.4) is 0 Å². The molecule has 0 aromatic heterocycles. The largest absolute Gasteiger partial charge is 0.491 e. The van der Waals surface area contributed by atoms with E-state index in [1.165, 1.54) is 34.1 Å². The van der Waals surface area contributed by atoms with Gasteiger partial charge < -0.3 is 29.5 Å². The third-order valence-electron chi connectivity index (χ3n) is 6.20. The summed E-state index contributed by atoms with van der Waals surface area (Å²) in [5.74, 6) is 1.01. The van der Waals surface area contributed by atoms with Crippen LogP contribution >= 0.6 is 0 Å². The van der Waals surface area contributed by atoms with E-state index in [1.807, 2.05) is 0 Å². The fourth-order valence-electron chi connectivity index (χ4n) is 3.81. The lowest BCUT2D eigenvalue weighted by Gasteiger charge is -2.19. The topological polar surface area (TPSA) is 102 Å². The Labute approximate surface area is 210 Å². The minimum atomic E-state index is -3.70. The van der Waals surface area contributed by atoms with Gasteiger partial charge in [0.25, 0.3) is 0 Å². The van der Waals surface area contributed by atoms with E-state index < -0.39 is 22.0 Å². The van der Waals surface area contributed by atoms with Gasteiger partial charge in [0.05, 0.1) is 36.0 Å².